The molecule has 0 amide bonds. The van der Waals surface area contributed by atoms with Gasteiger partial charge in [-0.05, 0) is 13.0 Å². The average Bonchev–Trinajstić information content (AvgIpc) is 2.01. The van der Waals surface area contributed by atoms with Crippen LogP contribution in [0.4, 0.5) is 8.78 Å². The topological polar surface area (TPSA) is 36.7 Å². The molecule has 5 heteroatoms. The van der Waals surface area contributed by atoms with Gasteiger partial charge in [-0.3, -0.25) is 0 Å². The van der Waals surface area contributed by atoms with Crippen molar-refractivity contribution in [1.82, 2.24) is 4.98 Å². The lowest BCUT2D eigenvalue weighted by atomic mass is 10.2. The first-order chi connectivity index (χ1) is 6.06. The number of alkyl halides is 2. The number of hydrogen-bond acceptors (Lipinski definition) is 2. The van der Waals surface area contributed by atoms with Crippen molar-refractivity contribution in [2.24, 2.45) is 0 Å². The number of nitriles is 1. The summed E-state index contributed by atoms with van der Waals surface area (Å²) in [5, 5.41) is 8.55. The molecule has 13 heavy (non-hydrogen) atoms. The minimum Gasteiger partial charge on any atom is -0.242 e. The van der Waals surface area contributed by atoms with Gasteiger partial charge in [-0.1, -0.05) is 15.9 Å². The van der Waals surface area contributed by atoms with Crippen LogP contribution in [0.5, 0.6) is 0 Å². The largest absolute Gasteiger partial charge is 0.267 e. The second-order valence-corrected chi connectivity index (χ2v) is 3.27. The van der Waals surface area contributed by atoms with Gasteiger partial charge in [0.05, 0.1) is 5.56 Å². The predicted molar refractivity (Wildman–Crippen MR) is 46.3 cm³/mol. The predicted octanol–water partition coefficient (Wildman–Crippen LogP) is 2.96. The first-order valence-corrected chi connectivity index (χ1v) is 4.21. The maximum Gasteiger partial charge on any atom is 0.267 e. The van der Waals surface area contributed by atoms with Crippen LogP contribution in [0.15, 0.2) is 10.5 Å². The first-order valence-electron chi connectivity index (χ1n) is 3.41. The summed E-state index contributed by atoms with van der Waals surface area (Å²) in [7, 11) is 0. The van der Waals surface area contributed by atoms with Crippen molar-refractivity contribution in [3.63, 3.8) is 0 Å². The summed E-state index contributed by atoms with van der Waals surface area (Å²) in [6, 6.07) is 3.10. The molecule has 0 saturated carbocycles. The number of pyridine rings is 1. The summed E-state index contributed by atoms with van der Waals surface area (Å²) >= 11 is 2.97. The third kappa shape index (κ3) is 2.01. The molecule has 0 unspecified atom stereocenters. The Hall–Kier alpha value is -1.02. The van der Waals surface area contributed by atoms with Crippen molar-refractivity contribution in [3.05, 3.63) is 27.5 Å². The third-order valence-corrected chi connectivity index (χ3v) is 2.12. The molecule has 68 valence electrons. The third-order valence-electron chi connectivity index (χ3n) is 1.46. The summed E-state index contributed by atoms with van der Waals surface area (Å²) in [4.78, 5) is 3.70. The zero-order valence-electron chi connectivity index (χ0n) is 6.68. The summed E-state index contributed by atoms with van der Waals surface area (Å²) in [6.45, 7) is 1.64. The minimum atomic E-state index is -2.68. The van der Waals surface area contributed by atoms with Crippen LogP contribution in [0.1, 0.15) is 23.4 Å². The van der Waals surface area contributed by atoms with E-state index in [2.05, 4.69) is 20.9 Å². The Morgan fingerprint density at radius 1 is 1.62 bits per heavy atom. The van der Waals surface area contributed by atoms with Crippen LogP contribution in [0.3, 0.4) is 0 Å². The summed E-state index contributed by atoms with van der Waals surface area (Å²) in [5.41, 5.74) is -0.0252. The number of rotatable bonds is 1. The molecule has 0 aliphatic carbocycles. The number of halogens is 3. The van der Waals surface area contributed by atoms with Crippen molar-refractivity contribution in [2.45, 2.75) is 13.3 Å². The number of nitrogens with zero attached hydrogens (tertiary/aromatic N) is 2. The van der Waals surface area contributed by atoms with Gasteiger partial charge in [0.2, 0.25) is 0 Å². The Bertz CT molecular complexity index is 371. The van der Waals surface area contributed by atoms with Crippen LogP contribution in [0.2, 0.25) is 0 Å². The zero-order valence-corrected chi connectivity index (χ0v) is 8.27. The second-order valence-electron chi connectivity index (χ2n) is 2.42. The standard InChI is InChI=1S/C8H5BrF2N2/c1-4-2-5(9)7(8(10)11)6(3-12)13-4/h2,8H,1H3. The highest BCUT2D eigenvalue weighted by Crippen LogP contribution is 2.29. The van der Waals surface area contributed by atoms with E-state index >= 15 is 0 Å². The van der Waals surface area contributed by atoms with Crippen LogP contribution in [0, 0.1) is 18.3 Å². The Kier molecular flexibility index (Phi) is 2.94. The fourth-order valence-corrected chi connectivity index (χ4v) is 1.63. The highest BCUT2D eigenvalue weighted by molar-refractivity contribution is 9.10. The lowest BCUT2D eigenvalue weighted by Crippen LogP contribution is -1.97. The van der Waals surface area contributed by atoms with E-state index in [4.69, 9.17) is 5.26 Å². The maximum absolute atomic E-state index is 12.4. The van der Waals surface area contributed by atoms with Gasteiger partial charge in [-0.25, -0.2) is 13.8 Å². The van der Waals surface area contributed by atoms with Crippen molar-refractivity contribution in [1.29, 1.82) is 5.26 Å². The molecule has 0 aliphatic heterocycles. The van der Waals surface area contributed by atoms with Crippen molar-refractivity contribution >= 4 is 15.9 Å². The van der Waals surface area contributed by atoms with Crippen molar-refractivity contribution in [2.75, 3.05) is 0 Å². The molecule has 1 heterocycles. The van der Waals surface area contributed by atoms with E-state index in [1.54, 1.807) is 13.0 Å². The van der Waals surface area contributed by atoms with Gasteiger partial charge in [0.25, 0.3) is 6.43 Å². The van der Waals surface area contributed by atoms with Gasteiger partial charge >= 0.3 is 0 Å². The molecule has 0 atom stereocenters. The Labute approximate surface area is 82.3 Å². The maximum atomic E-state index is 12.4. The molecule has 0 bridgehead atoms. The molecule has 0 N–H and O–H groups in total. The number of aryl methyl sites for hydroxylation is 1. The Balaban J connectivity index is 3.41. The fourth-order valence-electron chi connectivity index (χ4n) is 0.936. The Morgan fingerprint density at radius 3 is 2.69 bits per heavy atom. The molecule has 0 spiro atoms. The quantitative estimate of drug-likeness (QED) is 0.764. The fraction of sp³-hybridized carbons (Fsp3) is 0.250. The van der Waals surface area contributed by atoms with Gasteiger partial charge in [0, 0.05) is 10.2 Å². The molecule has 0 fully saturated rings. The van der Waals surface area contributed by atoms with E-state index < -0.39 is 6.43 Å². The minimum absolute atomic E-state index is 0.220. The van der Waals surface area contributed by atoms with E-state index in [1.165, 1.54) is 6.07 Å². The first kappa shape index (κ1) is 10.1. The van der Waals surface area contributed by atoms with Gasteiger partial charge in [-0.2, -0.15) is 5.26 Å². The number of aromatic nitrogens is 1. The number of hydrogen-bond donors (Lipinski definition) is 0. The molecule has 2 nitrogen and oxygen atoms in total. The van der Waals surface area contributed by atoms with Crippen molar-refractivity contribution < 1.29 is 8.78 Å². The smallest absolute Gasteiger partial charge is 0.242 e. The van der Waals surface area contributed by atoms with Gasteiger partial charge in [-0.15, -0.1) is 0 Å². The lowest BCUT2D eigenvalue weighted by molar-refractivity contribution is 0.149. The summed E-state index contributed by atoms with van der Waals surface area (Å²) < 4.78 is 25.0. The normalized spacial score (nSPS) is 10.2. The van der Waals surface area contributed by atoms with Gasteiger partial charge < -0.3 is 0 Å². The molecule has 0 saturated heterocycles. The highest BCUT2D eigenvalue weighted by Gasteiger charge is 2.18. The molecule has 1 aromatic heterocycles. The van der Waals surface area contributed by atoms with E-state index in [-0.39, 0.29) is 15.7 Å². The van der Waals surface area contributed by atoms with Gasteiger partial charge in [0.15, 0.2) is 5.69 Å². The van der Waals surface area contributed by atoms with Crippen LogP contribution >= 0.6 is 15.9 Å². The van der Waals surface area contributed by atoms with Crippen molar-refractivity contribution in [3.8, 4) is 6.07 Å². The second kappa shape index (κ2) is 3.79. The Morgan fingerprint density at radius 2 is 2.23 bits per heavy atom. The molecular formula is C8H5BrF2N2. The molecule has 0 radical (unpaired) electrons. The molecular weight excluding hydrogens is 242 g/mol. The van der Waals surface area contributed by atoms with E-state index in [1.807, 2.05) is 0 Å². The summed E-state index contributed by atoms with van der Waals surface area (Å²) in [6.07, 6.45) is -2.68. The summed E-state index contributed by atoms with van der Waals surface area (Å²) in [5.74, 6) is 0. The molecule has 1 aromatic rings. The molecule has 0 aliphatic rings. The van der Waals surface area contributed by atoms with Crippen LogP contribution in [-0.2, 0) is 0 Å². The highest BCUT2D eigenvalue weighted by atomic mass is 79.9. The average molecular weight is 247 g/mol. The molecule has 1 rings (SSSR count). The van der Waals surface area contributed by atoms with Crippen LogP contribution in [-0.4, -0.2) is 4.98 Å². The lowest BCUT2D eigenvalue weighted by Gasteiger charge is -2.05. The van der Waals surface area contributed by atoms with Crippen LogP contribution in [0.25, 0.3) is 0 Å². The van der Waals surface area contributed by atoms with E-state index in [0.717, 1.165) is 0 Å². The van der Waals surface area contributed by atoms with E-state index in [9.17, 15) is 8.78 Å². The SMILES string of the molecule is Cc1cc(Br)c(C(F)F)c(C#N)n1. The van der Waals surface area contributed by atoms with Gasteiger partial charge in [0.1, 0.15) is 6.07 Å². The monoisotopic (exact) mass is 246 g/mol. The zero-order chi connectivity index (χ0) is 10.0. The van der Waals surface area contributed by atoms with Crippen LogP contribution < -0.4 is 0 Å². The van der Waals surface area contributed by atoms with E-state index in [0.29, 0.717) is 5.69 Å². The molecule has 0 aromatic carbocycles.